The van der Waals surface area contributed by atoms with Gasteiger partial charge in [-0.1, -0.05) is 0 Å². The van der Waals surface area contributed by atoms with Crippen LogP contribution < -0.4 is 5.32 Å². The Hall–Kier alpha value is -1.32. The third kappa shape index (κ3) is 1.39. The fourth-order valence-electron chi connectivity index (χ4n) is 0.909. The fraction of sp³-hybridized carbons (Fsp3) is 0.429. The molecular weight excluding hydrogens is 142 g/mol. The molecule has 0 bridgehead atoms. The third-order valence-electron chi connectivity index (χ3n) is 1.71. The lowest BCUT2D eigenvalue weighted by Crippen LogP contribution is -2.12. The minimum absolute atomic E-state index is 0.117. The van der Waals surface area contributed by atoms with Crippen LogP contribution >= 0.6 is 0 Å². The van der Waals surface area contributed by atoms with Gasteiger partial charge in [0.05, 0.1) is 11.9 Å². The quantitative estimate of drug-likeness (QED) is 0.655. The number of nitrogens with zero attached hydrogens (tertiary/aromatic N) is 1. The molecule has 11 heavy (non-hydrogen) atoms. The van der Waals surface area contributed by atoms with E-state index >= 15 is 0 Å². The van der Waals surface area contributed by atoms with Crippen LogP contribution in [0.5, 0.6) is 0 Å². The predicted molar refractivity (Wildman–Crippen MR) is 39.9 cm³/mol. The minimum atomic E-state index is 0.117. The summed E-state index contributed by atoms with van der Waals surface area (Å²) >= 11 is 0. The van der Waals surface area contributed by atoms with Crippen LogP contribution in [0.3, 0.4) is 0 Å². The molecule has 1 aromatic heterocycles. The molecule has 2 N–H and O–H groups in total. The zero-order valence-corrected chi connectivity index (χ0v) is 6.00. The number of nitrogens with one attached hydrogen (secondary N) is 2. The highest BCUT2D eigenvalue weighted by atomic mass is 16.2. The number of H-pyrrole nitrogens is 1. The molecule has 0 radical (unpaired) electrons. The van der Waals surface area contributed by atoms with Crippen molar-refractivity contribution in [3.05, 3.63) is 12.4 Å². The van der Waals surface area contributed by atoms with Gasteiger partial charge in [0.1, 0.15) is 0 Å². The van der Waals surface area contributed by atoms with Gasteiger partial charge in [-0.15, -0.1) is 0 Å². The molecule has 1 aliphatic rings. The van der Waals surface area contributed by atoms with Crippen molar-refractivity contribution < 1.29 is 4.79 Å². The zero-order chi connectivity index (χ0) is 7.68. The van der Waals surface area contributed by atoms with Crippen LogP contribution in [-0.2, 0) is 4.79 Å². The number of hydrogen-bond acceptors (Lipinski definition) is 2. The largest absolute Gasteiger partial charge is 0.323 e. The SMILES string of the molecule is O=C(Nc1cn[nH]c1)C1CC1. The highest BCUT2D eigenvalue weighted by Crippen LogP contribution is 2.29. The number of hydrogen-bond donors (Lipinski definition) is 2. The van der Waals surface area contributed by atoms with Gasteiger partial charge in [0.25, 0.3) is 0 Å². The second-order valence-corrected chi connectivity index (χ2v) is 2.75. The van der Waals surface area contributed by atoms with Gasteiger partial charge in [-0.3, -0.25) is 9.89 Å². The average molecular weight is 151 g/mol. The number of aromatic amines is 1. The van der Waals surface area contributed by atoms with Gasteiger partial charge in [-0.25, -0.2) is 0 Å². The van der Waals surface area contributed by atoms with Crippen molar-refractivity contribution >= 4 is 11.6 Å². The van der Waals surface area contributed by atoms with Crippen molar-refractivity contribution in [3.63, 3.8) is 0 Å². The summed E-state index contributed by atoms with van der Waals surface area (Å²) in [6.45, 7) is 0. The topological polar surface area (TPSA) is 57.8 Å². The fourth-order valence-corrected chi connectivity index (χ4v) is 0.909. The first-order valence-corrected chi connectivity index (χ1v) is 3.66. The third-order valence-corrected chi connectivity index (χ3v) is 1.71. The number of rotatable bonds is 2. The molecule has 2 rings (SSSR count). The Morgan fingerprint density at radius 1 is 1.73 bits per heavy atom. The zero-order valence-electron chi connectivity index (χ0n) is 6.00. The molecule has 1 heterocycles. The standard InChI is InChI=1S/C7H9N3O/c11-7(5-1-2-5)10-6-3-8-9-4-6/h3-5H,1-2H2,(H,8,9)(H,10,11). The molecule has 0 atom stereocenters. The second-order valence-electron chi connectivity index (χ2n) is 2.75. The summed E-state index contributed by atoms with van der Waals surface area (Å²) < 4.78 is 0. The van der Waals surface area contributed by atoms with Crippen molar-refractivity contribution in [1.82, 2.24) is 10.2 Å². The Kier molecular flexibility index (Phi) is 1.38. The first-order valence-electron chi connectivity index (χ1n) is 3.66. The maximum atomic E-state index is 11.1. The number of amides is 1. The molecule has 0 aliphatic heterocycles. The molecule has 1 amide bonds. The van der Waals surface area contributed by atoms with Gasteiger partial charge in [-0.05, 0) is 12.8 Å². The smallest absolute Gasteiger partial charge is 0.227 e. The Labute approximate surface area is 64.0 Å². The summed E-state index contributed by atoms with van der Waals surface area (Å²) in [5, 5.41) is 9.10. The molecule has 1 aliphatic carbocycles. The van der Waals surface area contributed by atoms with Gasteiger partial charge in [0, 0.05) is 12.1 Å². The molecule has 0 unspecified atom stereocenters. The van der Waals surface area contributed by atoms with Crippen LogP contribution in [-0.4, -0.2) is 16.1 Å². The molecule has 58 valence electrons. The number of carbonyl (C=O) groups excluding carboxylic acids is 1. The highest BCUT2D eigenvalue weighted by Gasteiger charge is 2.29. The van der Waals surface area contributed by atoms with Crippen LogP contribution in [0.25, 0.3) is 0 Å². The first kappa shape index (κ1) is 6.39. The number of carbonyl (C=O) groups is 1. The predicted octanol–water partition coefficient (Wildman–Crippen LogP) is 0.758. The van der Waals surface area contributed by atoms with E-state index in [1.807, 2.05) is 0 Å². The molecule has 0 spiro atoms. The van der Waals surface area contributed by atoms with Gasteiger partial charge < -0.3 is 5.32 Å². The Morgan fingerprint density at radius 2 is 2.55 bits per heavy atom. The van der Waals surface area contributed by atoms with Crippen molar-refractivity contribution in [2.75, 3.05) is 5.32 Å². The van der Waals surface area contributed by atoms with E-state index in [0.717, 1.165) is 18.5 Å². The van der Waals surface area contributed by atoms with Gasteiger partial charge in [0.15, 0.2) is 0 Å². The normalized spacial score (nSPS) is 16.4. The molecule has 4 heteroatoms. The maximum Gasteiger partial charge on any atom is 0.227 e. The van der Waals surface area contributed by atoms with Crippen molar-refractivity contribution in [2.24, 2.45) is 5.92 Å². The molecule has 0 aromatic carbocycles. The lowest BCUT2D eigenvalue weighted by molar-refractivity contribution is -0.117. The van der Waals surface area contributed by atoms with E-state index in [0.29, 0.717) is 0 Å². The second kappa shape index (κ2) is 2.38. The molecule has 1 fully saturated rings. The Balaban J connectivity index is 1.94. The van der Waals surface area contributed by atoms with E-state index in [1.54, 1.807) is 12.4 Å². The van der Waals surface area contributed by atoms with E-state index in [1.165, 1.54) is 0 Å². The van der Waals surface area contributed by atoms with E-state index in [2.05, 4.69) is 15.5 Å². The summed E-state index contributed by atoms with van der Waals surface area (Å²) in [5.74, 6) is 0.372. The van der Waals surface area contributed by atoms with Gasteiger partial charge >= 0.3 is 0 Å². The molecule has 0 saturated heterocycles. The molecule has 1 aromatic rings. The van der Waals surface area contributed by atoms with Crippen LogP contribution in [0.4, 0.5) is 5.69 Å². The van der Waals surface area contributed by atoms with Gasteiger partial charge in [-0.2, -0.15) is 5.10 Å². The minimum Gasteiger partial charge on any atom is -0.323 e. The van der Waals surface area contributed by atoms with Crippen molar-refractivity contribution in [2.45, 2.75) is 12.8 Å². The Morgan fingerprint density at radius 3 is 3.09 bits per heavy atom. The summed E-state index contributed by atoms with van der Waals surface area (Å²) in [7, 11) is 0. The van der Waals surface area contributed by atoms with Crippen LogP contribution in [0, 0.1) is 5.92 Å². The number of aromatic nitrogens is 2. The van der Waals surface area contributed by atoms with E-state index in [-0.39, 0.29) is 11.8 Å². The van der Waals surface area contributed by atoms with Crippen molar-refractivity contribution in [1.29, 1.82) is 0 Å². The summed E-state index contributed by atoms with van der Waals surface area (Å²) in [4.78, 5) is 11.1. The van der Waals surface area contributed by atoms with Crippen LogP contribution in [0.2, 0.25) is 0 Å². The van der Waals surface area contributed by atoms with Crippen molar-refractivity contribution in [3.8, 4) is 0 Å². The highest BCUT2D eigenvalue weighted by molar-refractivity contribution is 5.93. The van der Waals surface area contributed by atoms with E-state index < -0.39 is 0 Å². The van der Waals surface area contributed by atoms with E-state index in [4.69, 9.17) is 0 Å². The monoisotopic (exact) mass is 151 g/mol. The lowest BCUT2D eigenvalue weighted by atomic mass is 10.4. The first-order chi connectivity index (χ1) is 5.36. The lowest BCUT2D eigenvalue weighted by Gasteiger charge is -1.97. The van der Waals surface area contributed by atoms with Crippen LogP contribution in [0.15, 0.2) is 12.4 Å². The molecule has 4 nitrogen and oxygen atoms in total. The summed E-state index contributed by atoms with van der Waals surface area (Å²) in [5.41, 5.74) is 0.752. The Bertz CT molecular complexity index is 251. The molecule has 1 saturated carbocycles. The summed E-state index contributed by atoms with van der Waals surface area (Å²) in [6.07, 6.45) is 5.33. The van der Waals surface area contributed by atoms with Gasteiger partial charge in [0.2, 0.25) is 5.91 Å². The summed E-state index contributed by atoms with van der Waals surface area (Å²) in [6, 6.07) is 0. The number of anilines is 1. The molecular formula is C7H9N3O. The van der Waals surface area contributed by atoms with Crippen LogP contribution in [0.1, 0.15) is 12.8 Å². The van der Waals surface area contributed by atoms with E-state index in [9.17, 15) is 4.79 Å². The maximum absolute atomic E-state index is 11.1. The average Bonchev–Trinajstić information content (AvgIpc) is 2.73.